The van der Waals surface area contributed by atoms with E-state index < -0.39 is 0 Å². The van der Waals surface area contributed by atoms with Crippen molar-refractivity contribution < 1.29 is 4.63 Å². The predicted octanol–water partition coefficient (Wildman–Crippen LogP) is 1.84. The normalized spacial score (nSPS) is 11.2. The number of nitrogens with zero attached hydrogens (tertiary/aromatic N) is 3. The van der Waals surface area contributed by atoms with Crippen LogP contribution in [0.3, 0.4) is 0 Å². The van der Waals surface area contributed by atoms with Crippen molar-refractivity contribution in [2.45, 2.75) is 20.0 Å². The first-order valence-electron chi connectivity index (χ1n) is 5.84. The van der Waals surface area contributed by atoms with Gasteiger partial charge in [-0.1, -0.05) is 22.4 Å². The summed E-state index contributed by atoms with van der Waals surface area (Å²) in [5, 5.41) is 8.90. The zero-order valence-corrected chi connectivity index (χ0v) is 10.1. The van der Waals surface area contributed by atoms with Gasteiger partial charge in [0.25, 0.3) is 0 Å². The highest BCUT2D eigenvalue weighted by Crippen LogP contribution is 2.19. The Balaban J connectivity index is 2.04. The van der Waals surface area contributed by atoms with Gasteiger partial charge in [-0.3, -0.25) is 0 Å². The number of rotatable bonds is 3. The second kappa shape index (κ2) is 4.27. The monoisotopic (exact) mass is 242 g/mol. The molecule has 18 heavy (non-hydrogen) atoms. The lowest BCUT2D eigenvalue weighted by Gasteiger charge is -2.04. The summed E-state index contributed by atoms with van der Waals surface area (Å²) in [6, 6.07) is 8.33. The maximum atomic E-state index is 5.67. The van der Waals surface area contributed by atoms with Gasteiger partial charge in [-0.2, -0.15) is 0 Å². The van der Waals surface area contributed by atoms with E-state index in [1.807, 2.05) is 13.1 Å². The minimum atomic E-state index is 0.547. The van der Waals surface area contributed by atoms with Crippen LogP contribution in [0.15, 0.2) is 35.1 Å². The van der Waals surface area contributed by atoms with E-state index in [1.54, 1.807) is 0 Å². The van der Waals surface area contributed by atoms with Gasteiger partial charge in [0.05, 0.1) is 6.54 Å². The Bertz CT molecular complexity index is 683. The summed E-state index contributed by atoms with van der Waals surface area (Å²) in [7, 11) is 0. The summed E-state index contributed by atoms with van der Waals surface area (Å²) >= 11 is 0. The Kier molecular flexibility index (Phi) is 2.60. The molecule has 0 aliphatic rings. The minimum Gasteiger partial charge on any atom is -0.341 e. The third-order valence-electron chi connectivity index (χ3n) is 3.14. The highest BCUT2D eigenvalue weighted by atomic mass is 16.6. The fraction of sp³-hybridized carbons (Fsp3) is 0.231. The number of aryl methyl sites for hydroxylation is 1. The smallest absolute Gasteiger partial charge is 0.127 e. The number of hydrogen-bond acceptors (Lipinski definition) is 4. The quantitative estimate of drug-likeness (QED) is 0.760. The van der Waals surface area contributed by atoms with Crippen molar-refractivity contribution in [2.75, 3.05) is 0 Å². The Labute approximate surface area is 104 Å². The fourth-order valence-electron chi connectivity index (χ4n) is 2.05. The third-order valence-corrected chi connectivity index (χ3v) is 3.14. The zero-order chi connectivity index (χ0) is 12.5. The van der Waals surface area contributed by atoms with Gasteiger partial charge >= 0.3 is 0 Å². The molecule has 3 aromatic rings. The maximum absolute atomic E-state index is 5.67. The van der Waals surface area contributed by atoms with Gasteiger partial charge < -0.3 is 10.3 Å². The molecule has 1 aromatic carbocycles. The summed E-state index contributed by atoms with van der Waals surface area (Å²) < 4.78 is 6.84. The molecule has 5 heteroatoms. The summed E-state index contributed by atoms with van der Waals surface area (Å²) in [5.74, 6) is 0. The average Bonchev–Trinajstić information content (AvgIpc) is 2.97. The van der Waals surface area contributed by atoms with Crippen LogP contribution >= 0.6 is 0 Å². The van der Waals surface area contributed by atoms with Crippen LogP contribution in [0, 0.1) is 6.92 Å². The molecular formula is C13H14N4O. The molecule has 0 radical (unpaired) electrons. The maximum Gasteiger partial charge on any atom is 0.127 e. The van der Waals surface area contributed by atoms with E-state index in [4.69, 9.17) is 10.4 Å². The van der Waals surface area contributed by atoms with Crippen molar-refractivity contribution in [2.24, 2.45) is 5.73 Å². The molecule has 3 rings (SSSR count). The van der Waals surface area contributed by atoms with Gasteiger partial charge in [0.15, 0.2) is 0 Å². The fourth-order valence-corrected chi connectivity index (χ4v) is 2.05. The molecule has 0 fully saturated rings. The van der Waals surface area contributed by atoms with Crippen molar-refractivity contribution >= 4 is 10.9 Å². The Hall–Kier alpha value is -2.14. The number of nitrogens with two attached hydrogens (primary N) is 1. The zero-order valence-electron chi connectivity index (χ0n) is 10.1. The van der Waals surface area contributed by atoms with Gasteiger partial charge in [-0.15, -0.1) is 0 Å². The number of benzene rings is 1. The van der Waals surface area contributed by atoms with Crippen LogP contribution in [0.5, 0.6) is 0 Å². The van der Waals surface area contributed by atoms with Crippen LogP contribution in [0.25, 0.3) is 10.9 Å². The molecule has 0 aliphatic heterocycles. The number of fused-ring (bicyclic) bond motifs is 1. The first-order chi connectivity index (χ1) is 8.78. The molecule has 92 valence electrons. The van der Waals surface area contributed by atoms with E-state index in [1.165, 1.54) is 5.39 Å². The molecule has 2 aromatic heterocycles. The van der Waals surface area contributed by atoms with Crippen LogP contribution in [-0.4, -0.2) is 14.9 Å². The second-order valence-corrected chi connectivity index (χ2v) is 4.34. The largest absolute Gasteiger partial charge is 0.341 e. The predicted molar refractivity (Wildman–Crippen MR) is 68.0 cm³/mol. The van der Waals surface area contributed by atoms with E-state index in [9.17, 15) is 0 Å². The van der Waals surface area contributed by atoms with Crippen LogP contribution in [-0.2, 0) is 13.1 Å². The molecule has 0 amide bonds. The van der Waals surface area contributed by atoms with Crippen LogP contribution in [0.4, 0.5) is 0 Å². The molecule has 0 atom stereocenters. The summed E-state index contributed by atoms with van der Waals surface area (Å²) in [5.41, 5.74) is 9.63. The van der Waals surface area contributed by atoms with Gasteiger partial charge in [0, 0.05) is 18.3 Å². The van der Waals surface area contributed by atoms with Gasteiger partial charge in [0.1, 0.15) is 11.4 Å². The molecule has 0 bridgehead atoms. The summed E-state index contributed by atoms with van der Waals surface area (Å²) in [6.45, 7) is 3.10. The Morgan fingerprint density at radius 2 is 2.17 bits per heavy atom. The molecule has 2 N–H and O–H groups in total. The van der Waals surface area contributed by atoms with Crippen molar-refractivity contribution in [3.63, 3.8) is 0 Å². The molecular weight excluding hydrogens is 228 g/mol. The first kappa shape index (κ1) is 11.0. The van der Waals surface area contributed by atoms with Gasteiger partial charge in [-0.05, 0) is 30.0 Å². The van der Waals surface area contributed by atoms with Gasteiger partial charge in [-0.25, -0.2) is 4.63 Å². The number of aromatic nitrogens is 3. The second-order valence-electron chi connectivity index (χ2n) is 4.34. The number of hydrogen-bond donors (Lipinski definition) is 1. The lowest BCUT2D eigenvalue weighted by molar-refractivity contribution is 0.300. The molecule has 0 spiro atoms. The van der Waals surface area contributed by atoms with E-state index in [2.05, 4.69) is 39.1 Å². The van der Waals surface area contributed by atoms with Crippen LogP contribution in [0.2, 0.25) is 0 Å². The molecule has 0 saturated carbocycles. The van der Waals surface area contributed by atoms with E-state index in [-0.39, 0.29) is 0 Å². The summed E-state index contributed by atoms with van der Waals surface area (Å²) in [6.07, 6.45) is 2.04. The lowest BCUT2D eigenvalue weighted by Crippen LogP contribution is -2.01. The highest BCUT2D eigenvalue weighted by molar-refractivity contribution is 5.80. The van der Waals surface area contributed by atoms with Crippen LogP contribution in [0.1, 0.15) is 17.0 Å². The average molecular weight is 242 g/mol. The van der Waals surface area contributed by atoms with Crippen LogP contribution < -0.4 is 5.73 Å². The Morgan fingerprint density at radius 1 is 1.28 bits per heavy atom. The van der Waals surface area contributed by atoms with Crippen molar-refractivity contribution in [3.8, 4) is 0 Å². The minimum absolute atomic E-state index is 0.547. The SMILES string of the molecule is Cc1nonc1Cn1ccc2ccc(CN)cc21. The van der Waals surface area contributed by atoms with E-state index >= 15 is 0 Å². The molecule has 5 nitrogen and oxygen atoms in total. The van der Waals surface area contributed by atoms with E-state index in [0.717, 1.165) is 22.5 Å². The highest BCUT2D eigenvalue weighted by Gasteiger charge is 2.08. The summed E-state index contributed by atoms with van der Waals surface area (Å²) in [4.78, 5) is 0. The van der Waals surface area contributed by atoms with Crippen molar-refractivity contribution in [3.05, 3.63) is 47.4 Å². The third kappa shape index (κ3) is 1.78. The topological polar surface area (TPSA) is 69.9 Å². The lowest BCUT2D eigenvalue weighted by atomic mass is 10.1. The van der Waals surface area contributed by atoms with E-state index in [0.29, 0.717) is 13.1 Å². The standard InChI is InChI=1S/C13H14N4O/c1-9-12(16-18-15-9)8-17-5-4-11-3-2-10(7-14)6-13(11)17/h2-6H,7-8,14H2,1H3. The van der Waals surface area contributed by atoms with Crippen molar-refractivity contribution in [1.29, 1.82) is 0 Å². The molecule has 0 unspecified atom stereocenters. The van der Waals surface area contributed by atoms with Gasteiger partial charge in [0.2, 0.25) is 0 Å². The Morgan fingerprint density at radius 3 is 2.89 bits per heavy atom. The molecule has 2 heterocycles. The molecule has 0 saturated heterocycles. The molecule has 0 aliphatic carbocycles. The first-order valence-corrected chi connectivity index (χ1v) is 5.84. The van der Waals surface area contributed by atoms with Crippen molar-refractivity contribution in [1.82, 2.24) is 14.9 Å².